The van der Waals surface area contributed by atoms with Crippen molar-refractivity contribution in [3.05, 3.63) is 66.0 Å². The number of ether oxygens (including phenoxy) is 1. The van der Waals surface area contributed by atoms with Crippen molar-refractivity contribution in [3.63, 3.8) is 0 Å². The molecule has 1 spiro atoms. The molecule has 2 saturated heterocycles. The second kappa shape index (κ2) is 9.25. The normalized spacial score (nSPS) is 22.1. The van der Waals surface area contributed by atoms with E-state index in [-0.39, 0.29) is 11.5 Å². The molecule has 6 heteroatoms. The molecule has 1 atom stereocenters. The van der Waals surface area contributed by atoms with Crippen molar-refractivity contribution >= 4 is 5.91 Å². The molecule has 1 unspecified atom stereocenters. The van der Waals surface area contributed by atoms with Gasteiger partial charge in [-0.3, -0.25) is 14.7 Å². The minimum Gasteiger partial charge on any atom is -0.359 e. The highest BCUT2D eigenvalue weighted by Gasteiger charge is 2.44. The predicted octanol–water partition coefficient (Wildman–Crippen LogP) is 2.41. The van der Waals surface area contributed by atoms with E-state index in [9.17, 15) is 4.79 Å². The van der Waals surface area contributed by atoms with Crippen LogP contribution in [0.25, 0.3) is 0 Å². The molecule has 0 saturated carbocycles. The molecule has 6 nitrogen and oxygen atoms in total. The summed E-state index contributed by atoms with van der Waals surface area (Å²) in [6, 6.07) is 14.2. The van der Waals surface area contributed by atoms with Crippen LogP contribution in [0.5, 0.6) is 0 Å². The summed E-state index contributed by atoms with van der Waals surface area (Å²) >= 11 is 0. The summed E-state index contributed by atoms with van der Waals surface area (Å²) < 4.78 is 6.53. The highest BCUT2D eigenvalue weighted by molar-refractivity contribution is 5.81. The van der Waals surface area contributed by atoms with Crippen molar-refractivity contribution in [1.29, 1.82) is 0 Å². The summed E-state index contributed by atoms with van der Waals surface area (Å²) in [5.74, 6) is 0.0718. The molecule has 1 aromatic carbocycles. The van der Waals surface area contributed by atoms with Gasteiger partial charge in [-0.25, -0.2) is 0 Å². The molecule has 2 aliphatic rings. The maximum Gasteiger partial charge on any atom is 0.253 e. The summed E-state index contributed by atoms with van der Waals surface area (Å²) in [5.41, 5.74) is 2.15. The second-order valence-electron chi connectivity index (χ2n) is 8.80. The first-order valence-electron chi connectivity index (χ1n) is 10.8. The molecule has 2 aromatic rings. The summed E-state index contributed by atoms with van der Waals surface area (Å²) in [5, 5.41) is 0. The number of carbonyl (C=O) groups excluding carboxylic acids is 1. The third kappa shape index (κ3) is 5.06. The van der Waals surface area contributed by atoms with Gasteiger partial charge < -0.3 is 14.5 Å². The van der Waals surface area contributed by atoms with Gasteiger partial charge in [0.2, 0.25) is 0 Å². The van der Waals surface area contributed by atoms with E-state index in [0.29, 0.717) is 13.1 Å². The number of morpholine rings is 1. The molecule has 1 amide bonds. The number of rotatable bonds is 5. The fourth-order valence-electron chi connectivity index (χ4n) is 4.67. The lowest BCUT2D eigenvalue weighted by Crippen LogP contribution is -2.61. The lowest BCUT2D eigenvalue weighted by atomic mass is 9.88. The first-order chi connectivity index (χ1) is 14.5. The zero-order valence-electron chi connectivity index (χ0n) is 18.0. The number of benzene rings is 1. The topological polar surface area (TPSA) is 48.9 Å². The van der Waals surface area contributed by atoms with Gasteiger partial charge in [0.05, 0.1) is 5.60 Å². The number of nitrogens with zero attached hydrogens (tertiary/aromatic N) is 4. The van der Waals surface area contributed by atoms with Gasteiger partial charge >= 0.3 is 0 Å². The smallest absolute Gasteiger partial charge is 0.253 e. The summed E-state index contributed by atoms with van der Waals surface area (Å²) in [6.07, 6.45) is 5.24. The molecule has 4 rings (SSSR count). The maximum absolute atomic E-state index is 13.1. The predicted molar refractivity (Wildman–Crippen MR) is 117 cm³/mol. The number of hydrogen-bond acceptors (Lipinski definition) is 5. The lowest BCUT2D eigenvalue weighted by molar-refractivity contribution is -0.188. The van der Waals surface area contributed by atoms with E-state index in [1.165, 1.54) is 5.56 Å². The molecular weight excluding hydrogens is 376 g/mol. The SMILES string of the molecule is CN1CC(C(=O)N(C)Cc2ccccc2)OC2(CCN(Cc3cccnc3)CC2)C1. The molecule has 2 aliphatic heterocycles. The Hall–Kier alpha value is -2.28. The van der Waals surface area contributed by atoms with Crippen molar-refractivity contribution in [2.75, 3.05) is 40.3 Å². The van der Waals surface area contributed by atoms with Gasteiger partial charge in [-0.15, -0.1) is 0 Å². The van der Waals surface area contributed by atoms with Gasteiger partial charge in [-0.1, -0.05) is 36.4 Å². The highest BCUT2D eigenvalue weighted by atomic mass is 16.5. The Balaban J connectivity index is 1.35. The van der Waals surface area contributed by atoms with Crippen LogP contribution in [0.1, 0.15) is 24.0 Å². The van der Waals surface area contributed by atoms with Crippen LogP contribution >= 0.6 is 0 Å². The number of piperidine rings is 1. The Bertz CT molecular complexity index is 822. The third-order valence-electron chi connectivity index (χ3n) is 6.24. The molecule has 30 heavy (non-hydrogen) atoms. The van der Waals surface area contributed by atoms with Crippen LogP contribution in [0.15, 0.2) is 54.9 Å². The van der Waals surface area contributed by atoms with Gasteiger partial charge in [-0.2, -0.15) is 0 Å². The quantitative estimate of drug-likeness (QED) is 0.760. The first-order valence-corrected chi connectivity index (χ1v) is 10.8. The molecule has 0 aliphatic carbocycles. The summed E-state index contributed by atoms with van der Waals surface area (Å²) in [4.78, 5) is 23.9. The zero-order chi connectivity index (χ0) is 21.0. The molecule has 1 aromatic heterocycles. The third-order valence-corrected chi connectivity index (χ3v) is 6.24. The van der Waals surface area contributed by atoms with E-state index >= 15 is 0 Å². The van der Waals surface area contributed by atoms with Crippen molar-refractivity contribution in [2.24, 2.45) is 0 Å². The molecule has 160 valence electrons. The second-order valence-corrected chi connectivity index (χ2v) is 8.80. The van der Waals surface area contributed by atoms with Crippen molar-refractivity contribution in [3.8, 4) is 0 Å². The first kappa shape index (κ1) is 21.0. The van der Waals surface area contributed by atoms with Crippen LogP contribution < -0.4 is 0 Å². The number of pyridine rings is 1. The van der Waals surface area contributed by atoms with Gasteiger partial charge in [0.25, 0.3) is 5.91 Å². The van der Waals surface area contributed by atoms with E-state index in [0.717, 1.165) is 44.6 Å². The van der Waals surface area contributed by atoms with E-state index in [1.807, 2.05) is 43.7 Å². The lowest BCUT2D eigenvalue weighted by Gasteiger charge is -2.49. The Kier molecular flexibility index (Phi) is 6.46. The Morgan fingerprint density at radius 2 is 1.90 bits per heavy atom. The Labute approximate surface area is 179 Å². The minimum atomic E-state index is -0.401. The van der Waals surface area contributed by atoms with E-state index < -0.39 is 6.10 Å². The largest absolute Gasteiger partial charge is 0.359 e. The number of likely N-dealkylation sites (N-methyl/N-ethyl adjacent to an activating group) is 2. The average Bonchev–Trinajstić information content (AvgIpc) is 2.76. The summed E-state index contributed by atoms with van der Waals surface area (Å²) in [7, 11) is 3.97. The Morgan fingerprint density at radius 1 is 1.17 bits per heavy atom. The van der Waals surface area contributed by atoms with Crippen molar-refractivity contribution in [1.82, 2.24) is 19.7 Å². The Morgan fingerprint density at radius 3 is 2.60 bits per heavy atom. The number of amides is 1. The van der Waals surface area contributed by atoms with Crippen molar-refractivity contribution in [2.45, 2.75) is 37.6 Å². The summed E-state index contributed by atoms with van der Waals surface area (Å²) in [6.45, 7) is 5.02. The molecule has 0 bridgehead atoms. The number of hydrogen-bond donors (Lipinski definition) is 0. The standard InChI is InChI=1S/C24H32N4O2/c1-26-18-22(23(29)27(2)16-20-7-4-3-5-8-20)30-24(19-26)10-13-28(14-11-24)17-21-9-6-12-25-15-21/h3-9,12,15,22H,10-11,13-14,16-19H2,1-2H3. The average molecular weight is 409 g/mol. The van der Waals surface area contributed by atoms with Crippen molar-refractivity contribution < 1.29 is 9.53 Å². The van der Waals surface area contributed by atoms with Gasteiger partial charge in [0.15, 0.2) is 0 Å². The monoisotopic (exact) mass is 408 g/mol. The van der Waals surface area contributed by atoms with Crippen LogP contribution in [0.3, 0.4) is 0 Å². The fraction of sp³-hybridized carbons (Fsp3) is 0.500. The fourth-order valence-corrected chi connectivity index (χ4v) is 4.67. The van der Waals surface area contributed by atoms with Gasteiger partial charge in [-0.05, 0) is 37.1 Å². The zero-order valence-corrected chi connectivity index (χ0v) is 18.0. The van der Waals surface area contributed by atoms with Gasteiger partial charge in [0.1, 0.15) is 6.10 Å². The minimum absolute atomic E-state index is 0.0718. The van der Waals surface area contributed by atoms with E-state index in [1.54, 1.807) is 4.90 Å². The molecule has 0 radical (unpaired) electrons. The molecule has 2 fully saturated rings. The van der Waals surface area contributed by atoms with Gasteiger partial charge in [0, 0.05) is 58.7 Å². The van der Waals surface area contributed by atoms with E-state index in [2.05, 4.69) is 40.0 Å². The number of carbonyl (C=O) groups is 1. The van der Waals surface area contributed by atoms with Crippen LogP contribution in [0.2, 0.25) is 0 Å². The molecule has 0 N–H and O–H groups in total. The highest BCUT2D eigenvalue weighted by Crippen LogP contribution is 2.33. The molecule has 3 heterocycles. The van der Waals surface area contributed by atoms with Crippen LogP contribution in [-0.2, 0) is 22.6 Å². The maximum atomic E-state index is 13.1. The van der Waals surface area contributed by atoms with E-state index in [4.69, 9.17) is 4.74 Å². The van der Waals surface area contributed by atoms with Crippen LogP contribution in [0.4, 0.5) is 0 Å². The van der Waals surface area contributed by atoms with Crippen LogP contribution in [0, 0.1) is 0 Å². The van der Waals surface area contributed by atoms with Crippen LogP contribution in [-0.4, -0.2) is 77.6 Å². The number of aromatic nitrogens is 1. The number of likely N-dealkylation sites (tertiary alicyclic amines) is 1. The molecular formula is C24H32N4O2.